The molecule has 7 nitrogen and oxygen atoms in total. The molecule has 28 heavy (non-hydrogen) atoms. The molecule has 1 fully saturated rings. The number of nitrogens with one attached hydrogen (secondary N) is 1. The minimum atomic E-state index is -0.945. The molecule has 2 atom stereocenters. The molecule has 0 bridgehead atoms. The fourth-order valence-corrected chi connectivity index (χ4v) is 3.93. The van der Waals surface area contributed by atoms with Gasteiger partial charge in [-0.05, 0) is 29.8 Å². The predicted molar refractivity (Wildman–Crippen MR) is 104 cm³/mol. The van der Waals surface area contributed by atoms with Crippen molar-refractivity contribution in [1.29, 1.82) is 0 Å². The van der Waals surface area contributed by atoms with Gasteiger partial charge in [0.15, 0.2) is 0 Å². The Morgan fingerprint density at radius 1 is 1.11 bits per heavy atom. The number of amides is 1. The van der Waals surface area contributed by atoms with Crippen molar-refractivity contribution < 1.29 is 14.7 Å². The van der Waals surface area contributed by atoms with Crippen LogP contribution in [0, 0.1) is 5.92 Å². The normalized spacial score (nSPS) is 19.2. The van der Waals surface area contributed by atoms with Crippen LogP contribution in [0.2, 0.25) is 5.02 Å². The lowest BCUT2D eigenvalue weighted by Crippen LogP contribution is -2.35. The van der Waals surface area contributed by atoms with E-state index >= 15 is 0 Å². The van der Waals surface area contributed by atoms with E-state index in [0.29, 0.717) is 16.1 Å². The van der Waals surface area contributed by atoms with Gasteiger partial charge in [0.2, 0.25) is 5.91 Å². The van der Waals surface area contributed by atoms with Crippen LogP contribution in [0.25, 0.3) is 11.0 Å². The van der Waals surface area contributed by atoms with Gasteiger partial charge in [0, 0.05) is 24.0 Å². The van der Waals surface area contributed by atoms with Crippen LogP contribution >= 0.6 is 11.6 Å². The van der Waals surface area contributed by atoms with E-state index in [1.165, 1.54) is 9.47 Å². The number of rotatable bonds is 4. The molecule has 3 aromatic rings. The van der Waals surface area contributed by atoms with E-state index in [1.54, 1.807) is 48.5 Å². The van der Waals surface area contributed by atoms with E-state index in [4.69, 9.17) is 11.6 Å². The largest absolute Gasteiger partial charge is 0.481 e. The SMILES string of the molecule is O=C(O)[C@@H]1CN(C(=O)Cn2c(=O)[nH]c3ccccc32)C[C@H]1c1ccc(Cl)cc1. The van der Waals surface area contributed by atoms with Crippen LogP contribution in [-0.2, 0) is 16.1 Å². The van der Waals surface area contributed by atoms with Crippen molar-refractivity contribution in [2.45, 2.75) is 12.5 Å². The van der Waals surface area contributed by atoms with Crippen LogP contribution in [0.1, 0.15) is 11.5 Å². The fourth-order valence-electron chi connectivity index (χ4n) is 3.80. The standard InChI is InChI=1S/C20H18ClN3O4/c21-13-7-5-12(6-8-13)14-9-23(10-15(14)19(26)27)18(25)11-24-17-4-2-1-3-16(17)22-20(24)28/h1-8,14-15H,9-11H2,(H,22,28)(H,26,27)/t14-,15+/m0/s1. The first kappa shape index (κ1) is 18.3. The van der Waals surface area contributed by atoms with Gasteiger partial charge >= 0.3 is 11.7 Å². The number of carboxylic acids is 1. The highest BCUT2D eigenvalue weighted by Crippen LogP contribution is 2.33. The number of hydrogen-bond acceptors (Lipinski definition) is 3. The number of aromatic nitrogens is 2. The number of carboxylic acid groups (broad SMARTS) is 1. The first-order chi connectivity index (χ1) is 13.4. The van der Waals surface area contributed by atoms with Crippen LogP contribution in [-0.4, -0.2) is 44.5 Å². The molecule has 0 radical (unpaired) electrons. The number of fused-ring (bicyclic) bond motifs is 1. The number of carbonyl (C=O) groups is 2. The first-order valence-corrected chi connectivity index (χ1v) is 9.25. The van der Waals surface area contributed by atoms with Crippen molar-refractivity contribution in [1.82, 2.24) is 14.5 Å². The minimum absolute atomic E-state index is 0.110. The molecule has 0 unspecified atom stereocenters. The van der Waals surface area contributed by atoms with Gasteiger partial charge in [-0.3, -0.25) is 14.2 Å². The number of carbonyl (C=O) groups excluding carboxylic acids is 1. The molecule has 2 N–H and O–H groups in total. The molecular formula is C20H18ClN3O4. The lowest BCUT2D eigenvalue weighted by molar-refractivity contribution is -0.141. The van der Waals surface area contributed by atoms with Gasteiger partial charge in [-0.25, -0.2) is 4.79 Å². The van der Waals surface area contributed by atoms with E-state index in [0.717, 1.165) is 5.56 Å². The van der Waals surface area contributed by atoms with E-state index < -0.39 is 11.9 Å². The molecule has 1 amide bonds. The highest BCUT2D eigenvalue weighted by Gasteiger charge is 2.40. The van der Waals surface area contributed by atoms with Crippen LogP contribution in [0.3, 0.4) is 0 Å². The summed E-state index contributed by atoms with van der Waals surface area (Å²) in [4.78, 5) is 41.0. The summed E-state index contributed by atoms with van der Waals surface area (Å²) in [5.41, 5.74) is 1.77. The molecule has 8 heteroatoms. The number of imidazole rings is 1. The molecule has 1 saturated heterocycles. The van der Waals surface area contributed by atoms with Gasteiger partial charge in [-0.1, -0.05) is 35.9 Å². The van der Waals surface area contributed by atoms with E-state index in [-0.39, 0.29) is 37.1 Å². The Morgan fingerprint density at radius 3 is 2.54 bits per heavy atom. The number of halogens is 1. The zero-order chi connectivity index (χ0) is 19.8. The zero-order valence-corrected chi connectivity index (χ0v) is 15.6. The molecule has 0 aliphatic carbocycles. The molecule has 2 aromatic carbocycles. The van der Waals surface area contributed by atoms with E-state index in [9.17, 15) is 19.5 Å². The third-order valence-corrected chi connectivity index (χ3v) is 5.51. The molecule has 1 aliphatic heterocycles. The van der Waals surface area contributed by atoms with Crippen molar-refractivity contribution in [3.8, 4) is 0 Å². The van der Waals surface area contributed by atoms with Gasteiger partial charge in [0.05, 0.1) is 17.0 Å². The molecule has 1 aromatic heterocycles. The quantitative estimate of drug-likeness (QED) is 0.703. The lowest BCUT2D eigenvalue weighted by Gasteiger charge is -2.17. The van der Waals surface area contributed by atoms with Gasteiger partial charge in [-0.2, -0.15) is 0 Å². The third-order valence-electron chi connectivity index (χ3n) is 5.26. The molecular weight excluding hydrogens is 382 g/mol. The van der Waals surface area contributed by atoms with Crippen molar-refractivity contribution in [3.63, 3.8) is 0 Å². The topological polar surface area (TPSA) is 95.4 Å². The molecule has 0 saturated carbocycles. The highest BCUT2D eigenvalue weighted by molar-refractivity contribution is 6.30. The van der Waals surface area contributed by atoms with Gasteiger partial charge in [0.25, 0.3) is 0 Å². The van der Waals surface area contributed by atoms with Crippen LogP contribution in [0.5, 0.6) is 0 Å². The Hall–Kier alpha value is -3.06. The van der Waals surface area contributed by atoms with E-state index in [1.807, 2.05) is 0 Å². The third kappa shape index (κ3) is 3.29. The van der Waals surface area contributed by atoms with Crippen molar-refractivity contribution in [3.05, 3.63) is 69.6 Å². The molecule has 4 rings (SSSR count). The maximum atomic E-state index is 12.8. The summed E-state index contributed by atoms with van der Waals surface area (Å²) < 4.78 is 1.38. The number of aromatic amines is 1. The zero-order valence-electron chi connectivity index (χ0n) is 14.8. The van der Waals surface area contributed by atoms with Gasteiger partial charge in [0.1, 0.15) is 6.54 Å². The first-order valence-electron chi connectivity index (χ1n) is 8.87. The summed E-state index contributed by atoms with van der Waals surface area (Å²) in [7, 11) is 0. The minimum Gasteiger partial charge on any atom is -0.481 e. The summed E-state index contributed by atoms with van der Waals surface area (Å²) in [6.07, 6.45) is 0. The smallest absolute Gasteiger partial charge is 0.326 e. The Kier molecular flexibility index (Phi) is 4.68. The fraction of sp³-hybridized carbons (Fsp3) is 0.250. The van der Waals surface area contributed by atoms with Crippen molar-refractivity contribution in [2.75, 3.05) is 13.1 Å². The number of nitrogens with zero attached hydrogens (tertiary/aromatic N) is 2. The number of likely N-dealkylation sites (tertiary alicyclic amines) is 1. The number of aliphatic carboxylic acids is 1. The maximum absolute atomic E-state index is 12.8. The van der Waals surface area contributed by atoms with E-state index in [2.05, 4.69) is 4.98 Å². The average Bonchev–Trinajstić information content (AvgIpc) is 3.25. The summed E-state index contributed by atoms with van der Waals surface area (Å²) in [6.45, 7) is 0.260. The molecule has 0 spiro atoms. The summed E-state index contributed by atoms with van der Waals surface area (Å²) in [6, 6.07) is 14.1. The lowest BCUT2D eigenvalue weighted by atomic mass is 9.89. The van der Waals surface area contributed by atoms with Gasteiger partial charge < -0.3 is 15.0 Å². The van der Waals surface area contributed by atoms with Crippen molar-refractivity contribution in [2.24, 2.45) is 5.92 Å². The summed E-state index contributed by atoms with van der Waals surface area (Å²) >= 11 is 5.92. The number of benzene rings is 2. The monoisotopic (exact) mass is 399 g/mol. The Balaban J connectivity index is 1.58. The molecule has 1 aliphatic rings. The number of H-pyrrole nitrogens is 1. The predicted octanol–water partition coefficient (Wildman–Crippen LogP) is 2.31. The molecule has 144 valence electrons. The second kappa shape index (κ2) is 7.16. The Bertz CT molecular complexity index is 1100. The Morgan fingerprint density at radius 2 is 1.82 bits per heavy atom. The summed E-state index contributed by atoms with van der Waals surface area (Å²) in [5, 5.41) is 10.2. The Labute approximate surface area is 165 Å². The van der Waals surface area contributed by atoms with Crippen LogP contribution in [0.4, 0.5) is 0 Å². The molecule has 2 heterocycles. The average molecular weight is 400 g/mol. The van der Waals surface area contributed by atoms with Crippen molar-refractivity contribution >= 4 is 34.5 Å². The number of para-hydroxylation sites is 2. The highest BCUT2D eigenvalue weighted by atomic mass is 35.5. The second-order valence-electron chi connectivity index (χ2n) is 6.93. The second-order valence-corrected chi connectivity index (χ2v) is 7.37. The number of hydrogen-bond donors (Lipinski definition) is 2. The van der Waals surface area contributed by atoms with Gasteiger partial charge in [-0.15, -0.1) is 0 Å². The van der Waals surface area contributed by atoms with Crippen LogP contribution in [0.15, 0.2) is 53.3 Å². The van der Waals surface area contributed by atoms with Crippen LogP contribution < -0.4 is 5.69 Å². The maximum Gasteiger partial charge on any atom is 0.326 e. The summed E-state index contributed by atoms with van der Waals surface area (Å²) in [5.74, 6) is -2.25.